The minimum absolute atomic E-state index is 0.268. The van der Waals surface area contributed by atoms with Crippen molar-refractivity contribution in [1.29, 1.82) is 0 Å². The van der Waals surface area contributed by atoms with E-state index < -0.39 is 6.10 Å². The number of ether oxygens (including phenoxy) is 3. The quantitative estimate of drug-likeness (QED) is 0.583. The smallest absolute Gasteiger partial charge is 0.231 e. The molecule has 1 aliphatic heterocycles. The standard InChI is InChI=1S/C25H27NO4/c1-28-23-10-7-20(8-11-23)15-26(17-22(27)13-19-5-3-2-4-6-19)16-21-9-12-24-25(14-21)30-18-29-24/h2-12,14,22,27H,13,15-18H2,1H3/t22-/m1/s1. The van der Waals surface area contributed by atoms with E-state index in [0.29, 0.717) is 19.5 Å². The molecule has 0 unspecified atom stereocenters. The largest absolute Gasteiger partial charge is 0.497 e. The molecular formula is C25H27NO4. The highest BCUT2D eigenvalue weighted by atomic mass is 16.7. The van der Waals surface area contributed by atoms with Crippen molar-refractivity contribution in [3.05, 3.63) is 89.5 Å². The Kier molecular flexibility index (Phi) is 6.52. The fourth-order valence-electron chi connectivity index (χ4n) is 3.72. The summed E-state index contributed by atoms with van der Waals surface area (Å²) >= 11 is 0. The molecule has 1 N–H and O–H groups in total. The van der Waals surface area contributed by atoms with Gasteiger partial charge in [0, 0.05) is 19.6 Å². The van der Waals surface area contributed by atoms with E-state index >= 15 is 0 Å². The number of methoxy groups -OCH3 is 1. The highest BCUT2D eigenvalue weighted by molar-refractivity contribution is 5.44. The number of fused-ring (bicyclic) bond motifs is 1. The molecule has 1 heterocycles. The lowest BCUT2D eigenvalue weighted by molar-refractivity contribution is 0.104. The van der Waals surface area contributed by atoms with Crippen molar-refractivity contribution in [3.63, 3.8) is 0 Å². The van der Waals surface area contributed by atoms with Crippen LogP contribution in [0, 0.1) is 0 Å². The van der Waals surface area contributed by atoms with Gasteiger partial charge in [-0.25, -0.2) is 0 Å². The molecule has 5 nitrogen and oxygen atoms in total. The molecule has 0 fully saturated rings. The van der Waals surface area contributed by atoms with Crippen molar-refractivity contribution in [3.8, 4) is 17.2 Å². The number of aliphatic hydroxyl groups is 1. The molecule has 3 aromatic carbocycles. The first-order chi connectivity index (χ1) is 14.7. The average molecular weight is 405 g/mol. The number of aliphatic hydroxyl groups excluding tert-OH is 1. The number of hydrogen-bond acceptors (Lipinski definition) is 5. The van der Waals surface area contributed by atoms with Crippen LogP contribution in [0.1, 0.15) is 16.7 Å². The normalized spacial score (nSPS) is 13.4. The average Bonchev–Trinajstić information content (AvgIpc) is 3.23. The van der Waals surface area contributed by atoms with E-state index in [-0.39, 0.29) is 6.79 Å². The molecule has 1 atom stereocenters. The van der Waals surface area contributed by atoms with Crippen LogP contribution in [0.25, 0.3) is 0 Å². The summed E-state index contributed by atoms with van der Waals surface area (Å²) in [6.45, 7) is 2.26. The van der Waals surface area contributed by atoms with Gasteiger partial charge in [0.1, 0.15) is 5.75 Å². The van der Waals surface area contributed by atoms with Gasteiger partial charge in [0.05, 0.1) is 13.2 Å². The van der Waals surface area contributed by atoms with E-state index in [9.17, 15) is 5.11 Å². The molecule has 0 saturated heterocycles. The highest BCUT2D eigenvalue weighted by Crippen LogP contribution is 2.33. The second-order valence-corrected chi connectivity index (χ2v) is 7.55. The molecule has 0 spiro atoms. The minimum atomic E-state index is -0.459. The number of hydrogen-bond donors (Lipinski definition) is 1. The zero-order valence-corrected chi connectivity index (χ0v) is 17.2. The molecule has 0 saturated carbocycles. The Labute approximate surface area is 177 Å². The summed E-state index contributed by atoms with van der Waals surface area (Å²) in [5.41, 5.74) is 3.43. The van der Waals surface area contributed by atoms with Gasteiger partial charge in [-0.15, -0.1) is 0 Å². The second kappa shape index (κ2) is 9.65. The molecule has 4 rings (SSSR count). The van der Waals surface area contributed by atoms with Gasteiger partial charge in [-0.3, -0.25) is 4.90 Å². The Morgan fingerprint density at radius 2 is 1.57 bits per heavy atom. The van der Waals surface area contributed by atoms with Crippen LogP contribution in [-0.2, 0) is 19.5 Å². The second-order valence-electron chi connectivity index (χ2n) is 7.55. The van der Waals surface area contributed by atoms with Crippen LogP contribution >= 0.6 is 0 Å². The van der Waals surface area contributed by atoms with E-state index in [1.54, 1.807) is 7.11 Å². The molecule has 30 heavy (non-hydrogen) atoms. The van der Waals surface area contributed by atoms with E-state index in [0.717, 1.165) is 34.9 Å². The fourth-order valence-corrected chi connectivity index (χ4v) is 3.72. The summed E-state index contributed by atoms with van der Waals surface area (Å²) < 4.78 is 16.2. The van der Waals surface area contributed by atoms with Crippen molar-refractivity contribution in [2.45, 2.75) is 25.6 Å². The molecule has 0 aliphatic carbocycles. The van der Waals surface area contributed by atoms with Gasteiger partial charge < -0.3 is 19.3 Å². The fraction of sp³-hybridized carbons (Fsp3) is 0.280. The third-order valence-corrected chi connectivity index (χ3v) is 5.19. The molecule has 0 bridgehead atoms. The number of benzene rings is 3. The Morgan fingerprint density at radius 1 is 0.867 bits per heavy atom. The molecule has 0 amide bonds. The number of nitrogens with zero attached hydrogens (tertiary/aromatic N) is 1. The first-order valence-corrected chi connectivity index (χ1v) is 10.2. The van der Waals surface area contributed by atoms with Crippen molar-refractivity contribution in [2.24, 2.45) is 0 Å². The lowest BCUT2D eigenvalue weighted by atomic mass is 10.1. The molecule has 156 valence electrons. The van der Waals surface area contributed by atoms with Crippen LogP contribution in [-0.4, -0.2) is 36.6 Å². The monoisotopic (exact) mass is 405 g/mol. The van der Waals surface area contributed by atoms with Gasteiger partial charge in [-0.1, -0.05) is 48.5 Å². The summed E-state index contributed by atoms with van der Waals surface area (Å²) in [7, 11) is 1.67. The zero-order chi connectivity index (χ0) is 20.8. The van der Waals surface area contributed by atoms with Crippen LogP contribution in [0.5, 0.6) is 17.2 Å². The van der Waals surface area contributed by atoms with E-state index in [1.165, 1.54) is 5.56 Å². The lowest BCUT2D eigenvalue weighted by Crippen LogP contribution is -2.33. The Bertz CT molecular complexity index is 943. The van der Waals surface area contributed by atoms with Crippen LogP contribution in [0.15, 0.2) is 72.8 Å². The Morgan fingerprint density at radius 3 is 2.33 bits per heavy atom. The summed E-state index contributed by atoms with van der Waals surface area (Å²) in [5.74, 6) is 2.40. The first kappa shape index (κ1) is 20.3. The summed E-state index contributed by atoms with van der Waals surface area (Å²) in [5, 5.41) is 10.8. The Hall–Kier alpha value is -3.02. The zero-order valence-electron chi connectivity index (χ0n) is 17.2. The van der Waals surface area contributed by atoms with Crippen LogP contribution in [0.4, 0.5) is 0 Å². The van der Waals surface area contributed by atoms with Gasteiger partial charge in [0.2, 0.25) is 6.79 Å². The maximum absolute atomic E-state index is 10.8. The lowest BCUT2D eigenvalue weighted by Gasteiger charge is -2.25. The van der Waals surface area contributed by atoms with Crippen molar-refractivity contribution in [1.82, 2.24) is 4.90 Å². The molecular weight excluding hydrogens is 378 g/mol. The van der Waals surface area contributed by atoms with Crippen LogP contribution in [0.2, 0.25) is 0 Å². The first-order valence-electron chi connectivity index (χ1n) is 10.2. The van der Waals surface area contributed by atoms with Gasteiger partial charge in [-0.05, 0) is 47.4 Å². The third kappa shape index (κ3) is 5.32. The predicted octanol–water partition coefficient (Wildman–Crippen LogP) is 4.03. The van der Waals surface area contributed by atoms with Gasteiger partial charge in [0.15, 0.2) is 11.5 Å². The summed E-state index contributed by atoms with van der Waals surface area (Å²) in [6, 6.07) is 24.2. The van der Waals surface area contributed by atoms with E-state index in [2.05, 4.69) is 35.2 Å². The summed E-state index contributed by atoms with van der Waals surface area (Å²) in [4.78, 5) is 2.26. The van der Waals surface area contributed by atoms with E-state index in [4.69, 9.17) is 14.2 Å². The molecule has 0 radical (unpaired) electrons. The topological polar surface area (TPSA) is 51.2 Å². The SMILES string of the molecule is COc1ccc(CN(Cc2ccc3c(c2)OCO3)C[C@H](O)Cc2ccccc2)cc1. The maximum Gasteiger partial charge on any atom is 0.231 e. The van der Waals surface area contributed by atoms with Gasteiger partial charge in [0.25, 0.3) is 0 Å². The molecule has 3 aromatic rings. The van der Waals surface area contributed by atoms with Gasteiger partial charge in [-0.2, -0.15) is 0 Å². The van der Waals surface area contributed by atoms with Crippen molar-refractivity contribution < 1.29 is 19.3 Å². The van der Waals surface area contributed by atoms with E-state index in [1.807, 2.05) is 42.5 Å². The predicted molar refractivity (Wildman–Crippen MR) is 116 cm³/mol. The van der Waals surface area contributed by atoms with Crippen LogP contribution in [0.3, 0.4) is 0 Å². The van der Waals surface area contributed by atoms with Crippen molar-refractivity contribution >= 4 is 0 Å². The minimum Gasteiger partial charge on any atom is -0.497 e. The Balaban J connectivity index is 1.47. The molecule has 0 aromatic heterocycles. The molecule has 5 heteroatoms. The number of rotatable bonds is 9. The summed E-state index contributed by atoms with van der Waals surface area (Å²) in [6.07, 6.45) is 0.167. The highest BCUT2D eigenvalue weighted by Gasteiger charge is 2.17. The van der Waals surface area contributed by atoms with Gasteiger partial charge >= 0.3 is 0 Å². The van der Waals surface area contributed by atoms with Crippen LogP contribution < -0.4 is 14.2 Å². The van der Waals surface area contributed by atoms with Crippen molar-refractivity contribution in [2.75, 3.05) is 20.4 Å². The third-order valence-electron chi connectivity index (χ3n) is 5.19. The maximum atomic E-state index is 10.8. The molecule has 1 aliphatic rings.